The maximum atomic E-state index is 12.8. The first kappa shape index (κ1) is 71.5. The van der Waals surface area contributed by atoms with Crippen LogP contribution in [0.2, 0.25) is 0 Å². The monoisotopic (exact) mass is 1050 g/mol. The van der Waals surface area contributed by atoms with E-state index in [9.17, 15) is 19.0 Å². The number of ether oxygens (including phenoxy) is 2. The van der Waals surface area contributed by atoms with Crippen LogP contribution in [-0.4, -0.2) is 70.0 Å². The van der Waals surface area contributed by atoms with E-state index < -0.39 is 26.5 Å². The third kappa shape index (κ3) is 59.6. The highest BCUT2D eigenvalue weighted by molar-refractivity contribution is 7.45. The molecule has 10 heteroatoms. The zero-order valence-corrected chi connectivity index (χ0v) is 50.0. The van der Waals surface area contributed by atoms with Crippen LogP contribution in [0.5, 0.6) is 0 Å². The number of allylic oxidation sites excluding steroid dienone is 4. The minimum absolute atomic E-state index is 0.0294. The number of hydrogen-bond donors (Lipinski definition) is 0. The third-order valence-corrected chi connectivity index (χ3v) is 15.1. The summed E-state index contributed by atoms with van der Waals surface area (Å²) in [5.74, 6) is -0.833. The highest BCUT2D eigenvalue weighted by Crippen LogP contribution is 2.38. The number of unbranched alkanes of at least 4 members (excludes halogenated alkanes) is 41. The van der Waals surface area contributed by atoms with Gasteiger partial charge in [0.05, 0.1) is 27.7 Å². The van der Waals surface area contributed by atoms with Crippen molar-refractivity contribution in [1.82, 2.24) is 0 Å². The van der Waals surface area contributed by atoms with Crippen LogP contribution in [0.3, 0.4) is 0 Å². The van der Waals surface area contributed by atoms with Crippen LogP contribution < -0.4 is 4.89 Å². The van der Waals surface area contributed by atoms with Crippen molar-refractivity contribution < 1.29 is 42.1 Å². The molecule has 0 saturated carbocycles. The van der Waals surface area contributed by atoms with E-state index in [0.29, 0.717) is 17.4 Å². The second-order valence-corrected chi connectivity index (χ2v) is 24.2. The van der Waals surface area contributed by atoms with Crippen LogP contribution in [0.15, 0.2) is 24.3 Å². The van der Waals surface area contributed by atoms with E-state index in [-0.39, 0.29) is 32.0 Å². The van der Waals surface area contributed by atoms with Crippen molar-refractivity contribution in [3.63, 3.8) is 0 Å². The molecule has 0 aliphatic carbocycles. The van der Waals surface area contributed by atoms with Crippen molar-refractivity contribution in [2.75, 3.05) is 47.5 Å². The molecule has 0 heterocycles. The predicted octanol–water partition coefficient (Wildman–Crippen LogP) is 19.1. The number of rotatable bonds is 59. The van der Waals surface area contributed by atoms with Gasteiger partial charge < -0.3 is 27.9 Å². The van der Waals surface area contributed by atoms with Gasteiger partial charge >= 0.3 is 11.9 Å². The van der Waals surface area contributed by atoms with E-state index in [1.165, 1.54) is 225 Å². The summed E-state index contributed by atoms with van der Waals surface area (Å²) in [5.41, 5.74) is 0. The lowest BCUT2D eigenvalue weighted by Crippen LogP contribution is -2.37. The van der Waals surface area contributed by atoms with Crippen LogP contribution in [0.1, 0.15) is 316 Å². The zero-order chi connectivity index (χ0) is 53.5. The molecule has 0 rings (SSSR count). The van der Waals surface area contributed by atoms with E-state index in [4.69, 9.17) is 18.5 Å². The molecule has 2 atom stereocenters. The quantitative estimate of drug-likeness (QED) is 0.0195. The third-order valence-electron chi connectivity index (χ3n) is 14.2. The lowest BCUT2D eigenvalue weighted by atomic mass is 10.0. The molecule has 2 unspecified atom stereocenters. The molecule has 0 fully saturated rings. The first-order chi connectivity index (χ1) is 35.5. The van der Waals surface area contributed by atoms with Gasteiger partial charge in [0.1, 0.15) is 19.8 Å². The van der Waals surface area contributed by atoms with E-state index in [1.54, 1.807) is 0 Å². The maximum absolute atomic E-state index is 12.8. The highest BCUT2D eigenvalue weighted by Gasteiger charge is 2.22. The normalized spacial score (nSPS) is 13.3. The summed E-state index contributed by atoms with van der Waals surface area (Å²) in [6.07, 6.45) is 67.2. The number of carbonyl (C=O) groups excluding carboxylic acids is 2. The molecule has 73 heavy (non-hydrogen) atoms. The SMILES string of the molecule is CCC/C=C\CCCCCCCC(=O)OCC(COP(=O)([O-])OCC[N+](C)(C)C)OC(=O)CCCCCCCCCCCCCCCCCCCCCCCCCCCCC/C=C\CCCCCCCCCC. The first-order valence-corrected chi connectivity index (χ1v) is 33.0. The first-order valence-electron chi connectivity index (χ1n) is 31.5. The summed E-state index contributed by atoms with van der Waals surface area (Å²) in [6.45, 7) is 4.20. The smallest absolute Gasteiger partial charge is 0.306 e. The Balaban J connectivity index is 3.80. The molecule has 0 aliphatic rings. The van der Waals surface area contributed by atoms with Gasteiger partial charge in [-0.05, 0) is 57.8 Å². The molecule has 0 aromatic rings. The number of nitrogens with zero attached hydrogens (tertiary/aromatic N) is 1. The Labute approximate surface area is 453 Å². The molecule has 0 aromatic carbocycles. The predicted molar refractivity (Wildman–Crippen MR) is 310 cm³/mol. The number of phosphoric acid groups is 1. The van der Waals surface area contributed by atoms with E-state index in [0.717, 1.165) is 57.8 Å². The molecule has 0 aliphatic heterocycles. The Hall–Kier alpha value is -1.51. The number of likely N-dealkylation sites (N-methyl/N-ethyl adjacent to an activating group) is 1. The topological polar surface area (TPSA) is 111 Å². The van der Waals surface area contributed by atoms with E-state index >= 15 is 0 Å². The van der Waals surface area contributed by atoms with Gasteiger partial charge in [0, 0.05) is 12.8 Å². The van der Waals surface area contributed by atoms with E-state index in [1.807, 2.05) is 21.1 Å². The van der Waals surface area contributed by atoms with Gasteiger partial charge in [-0.25, -0.2) is 0 Å². The second kappa shape index (κ2) is 55.3. The Kier molecular flexibility index (Phi) is 54.1. The summed E-state index contributed by atoms with van der Waals surface area (Å²) >= 11 is 0. The molecule has 9 nitrogen and oxygen atoms in total. The molecule has 0 saturated heterocycles. The summed E-state index contributed by atoms with van der Waals surface area (Å²) in [7, 11) is 1.18. The number of hydrogen-bond acceptors (Lipinski definition) is 8. The fraction of sp³-hybridized carbons (Fsp3) is 0.905. The molecular weight excluding hydrogens is 930 g/mol. The van der Waals surface area contributed by atoms with Crippen molar-refractivity contribution in [3.05, 3.63) is 24.3 Å². The summed E-state index contributed by atoms with van der Waals surface area (Å²) in [4.78, 5) is 37.7. The Morgan fingerprint density at radius 2 is 0.726 bits per heavy atom. The largest absolute Gasteiger partial charge is 0.756 e. The number of esters is 2. The van der Waals surface area contributed by atoms with Crippen LogP contribution in [0.25, 0.3) is 0 Å². The maximum Gasteiger partial charge on any atom is 0.306 e. The zero-order valence-electron chi connectivity index (χ0n) is 49.1. The molecule has 0 radical (unpaired) electrons. The highest BCUT2D eigenvalue weighted by atomic mass is 31.2. The van der Waals surface area contributed by atoms with Gasteiger partial charge in [-0.3, -0.25) is 14.2 Å². The van der Waals surface area contributed by atoms with Gasteiger partial charge in [-0.2, -0.15) is 0 Å². The second-order valence-electron chi connectivity index (χ2n) is 22.8. The molecule has 0 amide bonds. The Morgan fingerprint density at radius 3 is 1.07 bits per heavy atom. The van der Waals surface area contributed by atoms with Crippen molar-refractivity contribution in [3.8, 4) is 0 Å². The van der Waals surface area contributed by atoms with Crippen molar-refractivity contribution in [1.29, 1.82) is 0 Å². The molecule has 0 spiro atoms. The Morgan fingerprint density at radius 1 is 0.411 bits per heavy atom. The fourth-order valence-electron chi connectivity index (χ4n) is 9.30. The summed E-state index contributed by atoms with van der Waals surface area (Å²) in [6, 6.07) is 0. The van der Waals surface area contributed by atoms with Crippen LogP contribution in [0, 0.1) is 0 Å². The minimum atomic E-state index is -4.63. The lowest BCUT2D eigenvalue weighted by molar-refractivity contribution is -0.870. The Bertz CT molecular complexity index is 1280. The molecule has 0 bridgehead atoms. The van der Waals surface area contributed by atoms with E-state index in [2.05, 4.69) is 38.2 Å². The minimum Gasteiger partial charge on any atom is -0.756 e. The molecule has 432 valence electrons. The van der Waals surface area contributed by atoms with Gasteiger partial charge in [-0.15, -0.1) is 0 Å². The lowest BCUT2D eigenvalue weighted by Gasteiger charge is -2.28. The average Bonchev–Trinajstić information content (AvgIpc) is 3.35. The number of quaternary nitrogens is 1. The van der Waals surface area contributed by atoms with Crippen LogP contribution >= 0.6 is 7.82 Å². The molecular formula is C63H122NO8P. The standard InChI is InChI=1S/C63H122NO8P/c1-6-8-10-12-14-16-18-19-20-21-22-23-24-25-26-27-28-29-30-31-32-33-34-35-36-37-38-39-40-41-42-43-44-45-46-48-50-52-54-56-63(66)72-61(60-71-73(67,68)70-58-57-64(3,4)5)59-69-62(65)55-53-51-49-47-17-15-13-11-9-7-2/h11,13,21-22,61H,6-10,12,14-20,23-60H2,1-5H3/b13-11-,22-21-. The number of carbonyl (C=O) groups is 2. The molecule has 0 N–H and O–H groups in total. The number of phosphoric ester groups is 1. The van der Waals surface area contributed by atoms with Gasteiger partial charge in [0.2, 0.25) is 0 Å². The van der Waals surface area contributed by atoms with Gasteiger partial charge in [-0.1, -0.05) is 269 Å². The van der Waals surface area contributed by atoms with Crippen LogP contribution in [-0.2, 0) is 32.7 Å². The van der Waals surface area contributed by atoms with Crippen molar-refractivity contribution in [2.24, 2.45) is 0 Å². The van der Waals surface area contributed by atoms with Crippen molar-refractivity contribution >= 4 is 19.8 Å². The summed E-state index contributed by atoms with van der Waals surface area (Å²) < 4.78 is 34.0. The average molecular weight is 1050 g/mol. The fourth-order valence-corrected chi connectivity index (χ4v) is 10.0. The van der Waals surface area contributed by atoms with Gasteiger partial charge in [0.15, 0.2) is 6.10 Å². The molecule has 0 aromatic heterocycles. The summed E-state index contributed by atoms with van der Waals surface area (Å²) in [5, 5.41) is 0. The van der Waals surface area contributed by atoms with Crippen LogP contribution in [0.4, 0.5) is 0 Å². The van der Waals surface area contributed by atoms with Crippen molar-refractivity contribution in [2.45, 2.75) is 322 Å². The van der Waals surface area contributed by atoms with Gasteiger partial charge in [0.25, 0.3) is 7.82 Å².